The molecule has 2 saturated heterocycles. The van der Waals surface area contributed by atoms with E-state index in [1.54, 1.807) is 0 Å². The highest BCUT2D eigenvalue weighted by Gasteiger charge is 2.37. The molecule has 0 aromatic carbocycles. The predicted molar refractivity (Wildman–Crippen MR) is 68.9 cm³/mol. The van der Waals surface area contributed by atoms with E-state index >= 15 is 0 Å². The zero-order chi connectivity index (χ0) is 12.5. The third-order valence-electron chi connectivity index (χ3n) is 4.07. The van der Waals surface area contributed by atoms with Crippen LogP contribution < -0.4 is 5.32 Å². The highest BCUT2D eigenvalue weighted by molar-refractivity contribution is 5.82. The summed E-state index contributed by atoms with van der Waals surface area (Å²) in [5.41, 5.74) is -0.250. The molecule has 2 aliphatic heterocycles. The van der Waals surface area contributed by atoms with Gasteiger partial charge >= 0.3 is 0 Å². The van der Waals surface area contributed by atoms with Crippen molar-refractivity contribution in [3.05, 3.63) is 0 Å². The summed E-state index contributed by atoms with van der Waals surface area (Å²) in [6.07, 6.45) is 2.25. The molecule has 4 heteroatoms. The lowest BCUT2D eigenvalue weighted by molar-refractivity contribution is -0.142. The Morgan fingerprint density at radius 1 is 1.24 bits per heavy atom. The quantitative estimate of drug-likeness (QED) is 0.725. The fourth-order valence-electron chi connectivity index (χ4n) is 2.82. The third-order valence-corrected chi connectivity index (χ3v) is 4.07. The molecular formula is C13H25N3O. The molecule has 2 fully saturated rings. The van der Waals surface area contributed by atoms with Gasteiger partial charge in [0.25, 0.3) is 0 Å². The number of piperidine rings is 1. The lowest BCUT2D eigenvalue weighted by Crippen LogP contribution is -2.50. The zero-order valence-electron chi connectivity index (χ0n) is 11.3. The van der Waals surface area contributed by atoms with Gasteiger partial charge in [0.05, 0.1) is 5.41 Å². The molecule has 0 aromatic heterocycles. The zero-order valence-corrected chi connectivity index (χ0v) is 11.3. The normalized spacial score (nSPS) is 28.2. The van der Waals surface area contributed by atoms with Gasteiger partial charge in [0, 0.05) is 25.7 Å². The Morgan fingerprint density at radius 2 is 1.88 bits per heavy atom. The second-order valence-corrected chi connectivity index (χ2v) is 6.09. The third kappa shape index (κ3) is 2.80. The van der Waals surface area contributed by atoms with Crippen LogP contribution in [0.5, 0.6) is 0 Å². The molecule has 0 aliphatic carbocycles. The Bertz CT molecular complexity index is 282. The van der Waals surface area contributed by atoms with E-state index in [9.17, 15) is 4.79 Å². The van der Waals surface area contributed by atoms with Gasteiger partial charge in [0.2, 0.25) is 5.91 Å². The highest BCUT2D eigenvalue weighted by atomic mass is 16.2. The minimum atomic E-state index is -0.250. The van der Waals surface area contributed by atoms with Gasteiger partial charge < -0.3 is 15.1 Å². The van der Waals surface area contributed by atoms with Crippen molar-refractivity contribution in [2.45, 2.75) is 32.7 Å². The molecule has 0 spiro atoms. The van der Waals surface area contributed by atoms with Crippen LogP contribution in [0, 0.1) is 5.41 Å². The summed E-state index contributed by atoms with van der Waals surface area (Å²) in [4.78, 5) is 17.0. The van der Waals surface area contributed by atoms with Gasteiger partial charge in [0.1, 0.15) is 0 Å². The molecule has 4 nitrogen and oxygen atoms in total. The lowest BCUT2D eigenvalue weighted by atomic mass is 9.90. The monoisotopic (exact) mass is 239 g/mol. The molecule has 2 heterocycles. The Hall–Kier alpha value is -0.610. The number of nitrogens with zero attached hydrogens (tertiary/aromatic N) is 2. The van der Waals surface area contributed by atoms with Crippen LogP contribution in [0.15, 0.2) is 0 Å². The van der Waals surface area contributed by atoms with Crippen LogP contribution in [-0.2, 0) is 4.79 Å². The first kappa shape index (κ1) is 12.8. The topological polar surface area (TPSA) is 35.6 Å². The van der Waals surface area contributed by atoms with Crippen LogP contribution in [0.2, 0.25) is 0 Å². The molecular weight excluding hydrogens is 214 g/mol. The average molecular weight is 239 g/mol. The second-order valence-electron chi connectivity index (χ2n) is 6.09. The van der Waals surface area contributed by atoms with Gasteiger partial charge in [-0.2, -0.15) is 0 Å². The fourth-order valence-corrected chi connectivity index (χ4v) is 2.82. The predicted octanol–water partition coefficient (Wildman–Crippen LogP) is 0.539. The van der Waals surface area contributed by atoms with Crippen LogP contribution >= 0.6 is 0 Å². The maximum atomic E-state index is 12.5. The van der Waals surface area contributed by atoms with Crippen molar-refractivity contribution in [2.24, 2.45) is 5.41 Å². The molecule has 2 aliphatic rings. The molecule has 1 N–H and O–H groups in total. The highest BCUT2D eigenvalue weighted by Crippen LogP contribution is 2.25. The van der Waals surface area contributed by atoms with Crippen molar-refractivity contribution >= 4 is 5.91 Å². The van der Waals surface area contributed by atoms with Crippen LogP contribution in [-0.4, -0.2) is 61.5 Å². The summed E-state index contributed by atoms with van der Waals surface area (Å²) in [6.45, 7) is 8.93. The van der Waals surface area contributed by atoms with Crippen molar-refractivity contribution < 1.29 is 4.79 Å². The van der Waals surface area contributed by atoms with Crippen molar-refractivity contribution in [1.82, 2.24) is 15.1 Å². The van der Waals surface area contributed by atoms with Crippen LogP contribution in [0.3, 0.4) is 0 Å². The first-order valence-electron chi connectivity index (χ1n) is 6.71. The summed E-state index contributed by atoms with van der Waals surface area (Å²) in [5.74, 6) is 0.331. The van der Waals surface area contributed by atoms with Crippen molar-refractivity contribution in [2.75, 3.05) is 39.8 Å². The molecule has 0 bridgehead atoms. The number of hydrogen-bond acceptors (Lipinski definition) is 3. The number of hydrogen-bond donors (Lipinski definition) is 1. The summed E-state index contributed by atoms with van der Waals surface area (Å²) in [5, 5.41) is 3.37. The molecule has 98 valence electrons. The van der Waals surface area contributed by atoms with E-state index < -0.39 is 0 Å². The van der Waals surface area contributed by atoms with Gasteiger partial charge in [-0.15, -0.1) is 0 Å². The summed E-state index contributed by atoms with van der Waals surface area (Å²) < 4.78 is 0. The first-order valence-corrected chi connectivity index (χ1v) is 6.71. The fraction of sp³-hybridized carbons (Fsp3) is 0.923. The number of rotatable bonds is 1. The van der Waals surface area contributed by atoms with Gasteiger partial charge in [-0.25, -0.2) is 0 Å². The van der Waals surface area contributed by atoms with Gasteiger partial charge in [-0.3, -0.25) is 4.79 Å². The Kier molecular flexibility index (Phi) is 3.73. The lowest BCUT2D eigenvalue weighted by Gasteiger charge is -2.39. The maximum Gasteiger partial charge on any atom is 0.229 e. The van der Waals surface area contributed by atoms with Crippen LogP contribution in [0.1, 0.15) is 26.7 Å². The summed E-state index contributed by atoms with van der Waals surface area (Å²) in [7, 11) is 2.16. The molecule has 0 radical (unpaired) electrons. The first-order chi connectivity index (χ1) is 8.00. The van der Waals surface area contributed by atoms with Gasteiger partial charge in [0.15, 0.2) is 0 Å². The van der Waals surface area contributed by atoms with E-state index in [-0.39, 0.29) is 5.41 Å². The van der Waals surface area contributed by atoms with Crippen LogP contribution in [0.25, 0.3) is 0 Å². The van der Waals surface area contributed by atoms with E-state index in [0.717, 1.165) is 45.6 Å². The largest absolute Gasteiger partial charge is 0.338 e. The van der Waals surface area contributed by atoms with E-state index in [4.69, 9.17) is 0 Å². The number of amides is 1. The van der Waals surface area contributed by atoms with Crippen molar-refractivity contribution in [3.63, 3.8) is 0 Å². The van der Waals surface area contributed by atoms with Crippen LogP contribution in [0.4, 0.5) is 0 Å². The van der Waals surface area contributed by atoms with E-state index in [2.05, 4.69) is 36.0 Å². The number of carbonyl (C=O) groups excluding carboxylic acids is 1. The number of nitrogens with one attached hydrogen (secondary N) is 1. The van der Waals surface area contributed by atoms with Crippen molar-refractivity contribution in [1.29, 1.82) is 0 Å². The summed E-state index contributed by atoms with van der Waals surface area (Å²) in [6, 6.07) is 0.456. The standard InChI is InChI=1S/C13H25N3O/c1-13(2)10-14-6-9-16(12(13)17)11-4-7-15(3)8-5-11/h11,14H,4-10H2,1-3H3. The number of likely N-dealkylation sites (tertiary alicyclic amines) is 1. The molecule has 1 amide bonds. The van der Waals surface area contributed by atoms with E-state index in [1.165, 1.54) is 0 Å². The van der Waals surface area contributed by atoms with E-state index in [1.807, 2.05) is 0 Å². The Morgan fingerprint density at radius 3 is 2.53 bits per heavy atom. The number of carbonyl (C=O) groups is 1. The smallest absolute Gasteiger partial charge is 0.229 e. The maximum absolute atomic E-state index is 12.5. The van der Waals surface area contributed by atoms with Gasteiger partial charge in [-0.05, 0) is 46.8 Å². The molecule has 0 atom stereocenters. The second kappa shape index (κ2) is 4.94. The average Bonchev–Trinajstić information content (AvgIpc) is 2.41. The minimum absolute atomic E-state index is 0.250. The molecule has 0 aromatic rings. The Balaban J connectivity index is 2.05. The van der Waals surface area contributed by atoms with Gasteiger partial charge in [-0.1, -0.05) is 0 Å². The molecule has 2 rings (SSSR count). The SMILES string of the molecule is CN1CCC(N2CCNCC(C)(C)C2=O)CC1. The molecule has 0 unspecified atom stereocenters. The van der Waals surface area contributed by atoms with Crippen molar-refractivity contribution in [3.8, 4) is 0 Å². The summed E-state index contributed by atoms with van der Waals surface area (Å²) >= 11 is 0. The molecule has 0 saturated carbocycles. The Labute approximate surface area is 104 Å². The minimum Gasteiger partial charge on any atom is -0.338 e. The molecule has 17 heavy (non-hydrogen) atoms. The van der Waals surface area contributed by atoms with E-state index in [0.29, 0.717) is 11.9 Å².